The summed E-state index contributed by atoms with van der Waals surface area (Å²) in [4.78, 5) is 14.9. The maximum Gasteiger partial charge on any atom is 0.267 e. The van der Waals surface area contributed by atoms with Crippen LogP contribution in [0.3, 0.4) is 0 Å². The van der Waals surface area contributed by atoms with Gasteiger partial charge in [0, 0.05) is 18.4 Å². The lowest BCUT2D eigenvalue weighted by atomic mass is 9.92. The van der Waals surface area contributed by atoms with E-state index in [1.807, 2.05) is 30.3 Å². The molecule has 2 rings (SSSR count). The molecule has 1 amide bonds. The van der Waals surface area contributed by atoms with Gasteiger partial charge in [-0.15, -0.1) is 0 Å². The SMILES string of the molecule is CC(O)(CCNc1ccnc(C(N)=O)c1)c1ccccc1. The highest BCUT2D eigenvalue weighted by atomic mass is 16.3. The number of aromatic nitrogens is 1. The summed E-state index contributed by atoms with van der Waals surface area (Å²) in [5, 5.41) is 13.6. The number of hydrogen-bond acceptors (Lipinski definition) is 4. The lowest BCUT2D eigenvalue weighted by Crippen LogP contribution is -2.24. The Morgan fingerprint density at radius 1 is 1.33 bits per heavy atom. The minimum atomic E-state index is -0.909. The molecule has 0 bridgehead atoms. The number of amides is 1. The van der Waals surface area contributed by atoms with Gasteiger partial charge in [0.25, 0.3) is 5.91 Å². The van der Waals surface area contributed by atoms with Crippen molar-refractivity contribution in [1.29, 1.82) is 0 Å². The Balaban J connectivity index is 1.95. The quantitative estimate of drug-likeness (QED) is 0.756. The number of nitrogens with zero attached hydrogens (tertiary/aromatic N) is 1. The molecule has 5 heteroatoms. The number of primary amides is 1. The third-order valence-corrected chi connectivity index (χ3v) is 3.35. The second-order valence-electron chi connectivity index (χ2n) is 5.11. The molecule has 1 heterocycles. The minimum absolute atomic E-state index is 0.217. The normalized spacial score (nSPS) is 13.4. The lowest BCUT2D eigenvalue weighted by Gasteiger charge is -2.24. The number of pyridine rings is 1. The van der Waals surface area contributed by atoms with Crippen molar-refractivity contribution < 1.29 is 9.90 Å². The van der Waals surface area contributed by atoms with E-state index in [9.17, 15) is 9.90 Å². The Labute approximate surface area is 123 Å². The van der Waals surface area contributed by atoms with E-state index < -0.39 is 11.5 Å². The van der Waals surface area contributed by atoms with Gasteiger partial charge in [-0.1, -0.05) is 30.3 Å². The number of anilines is 1. The van der Waals surface area contributed by atoms with Crippen molar-refractivity contribution >= 4 is 11.6 Å². The maximum absolute atomic E-state index is 11.1. The molecule has 0 aliphatic rings. The smallest absolute Gasteiger partial charge is 0.267 e. The first-order chi connectivity index (χ1) is 9.99. The minimum Gasteiger partial charge on any atom is -0.385 e. The van der Waals surface area contributed by atoms with Crippen molar-refractivity contribution in [3.8, 4) is 0 Å². The van der Waals surface area contributed by atoms with Crippen LogP contribution in [0.25, 0.3) is 0 Å². The van der Waals surface area contributed by atoms with Crippen LogP contribution < -0.4 is 11.1 Å². The number of carbonyl (C=O) groups is 1. The Morgan fingerprint density at radius 2 is 2.05 bits per heavy atom. The molecule has 1 aromatic carbocycles. The van der Waals surface area contributed by atoms with E-state index >= 15 is 0 Å². The van der Waals surface area contributed by atoms with Crippen LogP contribution in [0.15, 0.2) is 48.7 Å². The molecule has 1 aromatic heterocycles. The summed E-state index contributed by atoms with van der Waals surface area (Å²) in [6, 6.07) is 12.9. The highest BCUT2D eigenvalue weighted by molar-refractivity contribution is 5.91. The molecule has 4 N–H and O–H groups in total. The zero-order chi connectivity index (χ0) is 15.3. The van der Waals surface area contributed by atoms with Crippen molar-refractivity contribution in [2.45, 2.75) is 18.9 Å². The van der Waals surface area contributed by atoms with Crippen LogP contribution in [0.4, 0.5) is 5.69 Å². The molecule has 0 aliphatic heterocycles. The van der Waals surface area contributed by atoms with E-state index in [1.54, 1.807) is 19.1 Å². The summed E-state index contributed by atoms with van der Waals surface area (Å²) in [6.45, 7) is 2.34. The number of benzene rings is 1. The number of nitrogens with one attached hydrogen (secondary N) is 1. The van der Waals surface area contributed by atoms with Gasteiger partial charge >= 0.3 is 0 Å². The van der Waals surface area contributed by atoms with Crippen LogP contribution in [-0.4, -0.2) is 22.5 Å². The number of nitrogens with two attached hydrogens (primary N) is 1. The van der Waals surface area contributed by atoms with E-state index in [0.717, 1.165) is 11.3 Å². The first-order valence-corrected chi connectivity index (χ1v) is 6.77. The van der Waals surface area contributed by atoms with Gasteiger partial charge in [-0.25, -0.2) is 0 Å². The van der Waals surface area contributed by atoms with Crippen LogP contribution in [0.1, 0.15) is 29.4 Å². The van der Waals surface area contributed by atoms with E-state index in [1.165, 1.54) is 6.20 Å². The molecule has 0 spiro atoms. The fourth-order valence-electron chi connectivity index (χ4n) is 2.07. The van der Waals surface area contributed by atoms with Gasteiger partial charge in [-0.05, 0) is 31.0 Å². The summed E-state index contributed by atoms with van der Waals surface area (Å²) in [6.07, 6.45) is 2.06. The summed E-state index contributed by atoms with van der Waals surface area (Å²) in [5.74, 6) is -0.560. The predicted octanol–water partition coefficient (Wildman–Crippen LogP) is 1.89. The molecule has 0 aliphatic carbocycles. The Kier molecular flexibility index (Phi) is 4.55. The first kappa shape index (κ1) is 15.0. The predicted molar refractivity (Wildman–Crippen MR) is 81.9 cm³/mol. The Bertz CT molecular complexity index is 612. The molecule has 0 saturated carbocycles. The molecule has 1 atom stereocenters. The molecule has 110 valence electrons. The van der Waals surface area contributed by atoms with E-state index in [4.69, 9.17) is 5.73 Å². The van der Waals surface area contributed by atoms with Crippen LogP contribution in [-0.2, 0) is 5.60 Å². The standard InChI is InChI=1S/C16H19N3O2/c1-16(21,12-5-3-2-4-6-12)8-10-18-13-7-9-19-14(11-13)15(17)20/h2-7,9,11,21H,8,10H2,1H3,(H2,17,20)(H,18,19). The molecule has 0 radical (unpaired) electrons. The lowest BCUT2D eigenvalue weighted by molar-refractivity contribution is 0.0515. The van der Waals surface area contributed by atoms with Crippen molar-refractivity contribution in [1.82, 2.24) is 4.98 Å². The van der Waals surface area contributed by atoms with Crippen molar-refractivity contribution in [3.63, 3.8) is 0 Å². The second kappa shape index (κ2) is 6.37. The van der Waals surface area contributed by atoms with Gasteiger partial charge in [0.2, 0.25) is 0 Å². The van der Waals surface area contributed by atoms with Crippen LogP contribution in [0, 0.1) is 0 Å². The molecule has 0 fully saturated rings. The van der Waals surface area contributed by atoms with Crippen molar-refractivity contribution in [2.24, 2.45) is 5.73 Å². The molecular formula is C16H19N3O2. The van der Waals surface area contributed by atoms with E-state index in [2.05, 4.69) is 10.3 Å². The number of aliphatic hydroxyl groups is 1. The van der Waals surface area contributed by atoms with Crippen LogP contribution in [0.5, 0.6) is 0 Å². The summed E-state index contributed by atoms with van der Waals surface area (Å²) in [7, 11) is 0. The largest absolute Gasteiger partial charge is 0.385 e. The van der Waals surface area contributed by atoms with Gasteiger partial charge in [-0.3, -0.25) is 9.78 Å². The number of rotatable bonds is 6. The van der Waals surface area contributed by atoms with Crippen LogP contribution >= 0.6 is 0 Å². The average Bonchev–Trinajstić information content (AvgIpc) is 2.48. The van der Waals surface area contributed by atoms with Gasteiger partial charge < -0.3 is 16.2 Å². The van der Waals surface area contributed by atoms with E-state index in [0.29, 0.717) is 13.0 Å². The highest BCUT2D eigenvalue weighted by Gasteiger charge is 2.21. The summed E-state index contributed by atoms with van der Waals surface area (Å²) in [5.41, 5.74) is 6.12. The summed E-state index contributed by atoms with van der Waals surface area (Å²) >= 11 is 0. The van der Waals surface area contributed by atoms with Gasteiger partial charge in [0.15, 0.2) is 0 Å². The fourth-order valence-corrected chi connectivity index (χ4v) is 2.07. The second-order valence-corrected chi connectivity index (χ2v) is 5.11. The Morgan fingerprint density at radius 3 is 2.71 bits per heavy atom. The topological polar surface area (TPSA) is 88.2 Å². The maximum atomic E-state index is 11.1. The molecular weight excluding hydrogens is 266 g/mol. The third-order valence-electron chi connectivity index (χ3n) is 3.35. The summed E-state index contributed by atoms with van der Waals surface area (Å²) < 4.78 is 0. The van der Waals surface area contributed by atoms with Gasteiger partial charge in [0.05, 0.1) is 5.60 Å². The average molecular weight is 285 g/mol. The number of carbonyl (C=O) groups excluding carboxylic acids is 1. The first-order valence-electron chi connectivity index (χ1n) is 6.77. The molecule has 2 aromatic rings. The van der Waals surface area contributed by atoms with Gasteiger partial charge in [-0.2, -0.15) is 0 Å². The molecule has 5 nitrogen and oxygen atoms in total. The zero-order valence-electron chi connectivity index (χ0n) is 11.9. The zero-order valence-corrected chi connectivity index (χ0v) is 11.9. The van der Waals surface area contributed by atoms with Crippen molar-refractivity contribution in [3.05, 3.63) is 59.9 Å². The van der Waals surface area contributed by atoms with Crippen molar-refractivity contribution in [2.75, 3.05) is 11.9 Å². The third kappa shape index (κ3) is 4.03. The molecule has 0 saturated heterocycles. The monoisotopic (exact) mass is 285 g/mol. The number of hydrogen-bond donors (Lipinski definition) is 3. The molecule has 1 unspecified atom stereocenters. The van der Waals surface area contributed by atoms with Gasteiger partial charge in [0.1, 0.15) is 5.69 Å². The Hall–Kier alpha value is -2.40. The van der Waals surface area contributed by atoms with E-state index in [-0.39, 0.29) is 5.69 Å². The highest BCUT2D eigenvalue weighted by Crippen LogP contribution is 2.24. The van der Waals surface area contributed by atoms with Crippen LogP contribution in [0.2, 0.25) is 0 Å². The molecule has 21 heavy (non-hydrogen) atoms. The fraction of sp³-hybridized carbons (Fsp3) is 0.250.